The molecule has 0 aromatic carbocycles. The summed E-state index contributed by atoms with van der Waals surface area (Å²) in [6.07, 6.45) is 6.63. The van der Waals surface area contributed by atoms with Gasteiger partial charge in [-0.1, -0.05) is 30.9 Å². The molecule has 1 fully saturated rings. The summed E-state index contributed by atoms with van der Waals surface area (Å²) in [4.78, 5) is 4.48. The lowest BCUT2D eigenvalue weighted by Crippen LogP contribution is -2.17. The van der Waals surface area contributed by atoms with Crippen molar-refractivity contribution in [2.75, 3.05) is 11.9 Å². The number of hydrogen-bond acceptors (Lipinski definition) is 3. The number of anilines is 1. The van der Waals surface area contributed by atoms with Crippen molar-refractivity contribution < 1.29 is 4.74 Å². The minimum Gasteiger partial charge on any atom is -0.372 e. The lowest BCUT2D eigenvalue weighted by molar-refractivity contribution is 0.0153. The molecule has 0 aliphatic heterocycles. The first-order valence-electron chi connectivity index (χ1n) is 6.80. The maximum absolute atomic E-state index is 6.14. The first kappa shape index (κ1) is 13.6. The van der Waals surface area contributed by atoms with Crippen LogP contribution in [0.1, 0.15) is 44.7 Å². The molecule has 0 bridgehead atoms. The molecule has 1 aliphatic rings. The van der Waals surface area contributed by atoms with E-state index in [-0.39, 0.29) is 0 Å². The Bertz CT molecular complexity index is 378. The fourth-order valence-corrected chi connectivity index (χ4v) is 2.45. The van der Waals surface area contributed by atoms with Gasteiger partial charge in [-0.15, -0.1) is 0 Å². The molecule has 0 atom stereocenters. The molecule has 18 heavy (non-hydrogen) atoms. The molecule has 4 heteroatoms. The van der Waals surface area contributed by atoms with Crippen LogP contribution < -0.4 is 5.32 Å². The van der Waals surface area contributed by atoms with Crippen molar-refractivity contribution in [2.45, 2.75) is 51.7 Å². The Kier molecular flexibility index (Phi) is 5.26. The zero-order chi connectivity index (χ0) is 12.8. The van der Waals surface area contributed by atoms with E-state index in [1.54, 1.807) is 0 Å². The number of nitrogens with one attached hydrogen (secondary N) is 1. The molecule has 1 saturated carbocycles. The summed E-state index contributed by atoms with van der Waals surface area (Å²) >= 11 is 6.14. The average Bonchev–Trinajstić information content (AvgIpc) is 2.41. The highest BCUT2D eigenvalue weighted by atomic mass is 35.5. The molecule has 1 aromatic rings. The van der Waals surface area contributed by atoms with E-state index in [1.807, 2.05) is 12.1 Å². The second kappa shape index (κ2) is 6.95. The standard InChI is InChI=1S/C14H21ClN2O/c1-2-16-14-9-8-12(15)13(17-14)10-18-11-6-4-3-5-7-11/h8-9,11H,2-7,10H2,1H3,(H,16,17). The van der Waals surface area contributed by atoms with Crippen molar-refractivity contribution in [3.63, 3.8) is 0 Å². The minimum atomic E-state index is 0.388. The first-order chi connectivity index (χ1) is 8.79. The van der Waals surface area contributed by atoms with Crippen LogP contribution in [0.15, 0.2) is 12.1 Å². The predicted octanol–water partition coefficient (Wildman–Crippen LogP) is 4.02. The lowest BCUT2D eigenvalue weighted by atomic mass is 9.98. The Labute approximate surface area is 114 Å². The molecule has 0 unspecified atom stereocenters. The van der Waals surface area contributed by atoms with E-state index in [0.29, 0.717) is 17.7 Å². The average molecular weight is 269 g/mol. The van der Waals surface area contributed by atoms with Crippen LogP contribution in [0.2, 0.25) is 5.02 Å². The van der Waals surface area contributed by atoms with Crippen molar-refractivity contribution in [3.8, 4) is 0 Å². The van der Waals surface area contributed by atoms with Crippen molar-refractivity contribution >= 4 is 17.4 Å². The third-order valence-electron chi connectivity index (χ3n) is 3.28. The molecule has 1 aliphatic carbocycles. The molecule has 0 radical (unpaired) electrons. The van der Waals surface area contributed by atoms with E-state index in [0.717, 1.165) is 18.1 Å². The van der Waals surface area contributed by atoms with E-state index in [4.69, 9.17) is 16.3 Å². The predicted molar refractivity (Wildman–Crippen MR) is 75.1 cm³/mol. The van der Waals surface area contributed by atoms with Crippen LogP contribution in [-0.4, -0.2) is 17.6 Å². The molecular formula is C14H21ClN2O. The minimum absolute atomic E-state index is 0.388. The van der Waals surface area contributed by atoms with Crippen LogP contribution >= 0.6 is 11.6 Å². The number of nitrogens with zero attached hydrogens (tertiary/aromatic N) is 1. The van der Waals surface area contributed by atoms with Gasteiger partial charge < -0.3 is 10.1 Å². The van der Waals surface area contributed by atoms with Crippen LogP contribution in [0.5, 0.6) is 0 Å². The van der Waals surface area contributed by atoms with Gasteiger partial charge in [-0.25, -0.2) is 4.98 Å². The van der Waals surface area contributed by atoms with Crippen LogP contribution in [-0.2, 0) is 11.3 Å². The summed E-state index contributed by atoms with van der Waals surface area (Å²) in [6, 6.07) is 3.78. The highest BCUT2D eigenvalue weighted by molar-refractivity contribution is 6.31. The Morgan fingerprint density at radius 3 is 2.83 bits per heavy atom. The highest BCUT2D eigenvalue weighted by Gasteiger charge is 2.14. The summed E-state index contributed by atoms with van der Waals surface area (Å²) in [5, 5.41) is 3.88. The first-order valence-corrected chi connectivity index (χ1v) is 7.18. The smallest absolute Gasteiger partial charge is 0.126 e. The van der Waals surface area contributed by atoms with E-state index in [2.05, 4.69) is 17.2 Å². The van der Waals surface area contributed by atoms with E-state index in [1.165, 1.54) is 32.1 Å². The summed E-state index contributed by atoms with van der Waals surface area (Å²) in [5.41, 5.74) is 0.834. The number of pyridine rings is 1. The largest absolute Gasteiger partial charge is 0.372 e. The second-order valence-corrected chi connectivity index (χ2v) is 5.13. The Balaban J connectivity index is 1.92. The van der Waals surface area contributed by atoms with Crippen LogP contribution in [0.4, 0.5) is 5.82 Å². The van der Waals surface area contributed by atoms with Crippen LogP contribution in [0, 0.1) is 0 Å². The van der Waals surface area contributed by atoms with Gasteiger partial charge in [0.05, 0.1) is 23.4 Å². The maximum atomic E-state index is 6.14. The van der Waals surface area contributed by atoms with Crippen molar-refractivity contribution in [1.29, 1.82) is 0 Å². The summed E-state index contributed by atoms with van der Waals surface area (Å²) in [7, 11) is 0. The molecule has 100 valence electrons. The van der Waals surface area contributed by atoms with Gasteiger partial charge in [-0.2, -0.15) is 0 Å². The normalized spacial score (nSPS) is 16.8. The van der Waals surface area contributed by atoms with Crippen molar-refractivity contribution in [2.24, 2.45) is 0 Å². The number of aromatic nitrogens is 1. The molecule has 1 heterocycles. The Hall–Kier alpha value is -0.800. The van der Waals surface area contributed by atoms with Gasteiger partial charge in [-0.3, -0.25) is 0 Å². The van der Waals surface area contributed by atoms with Crippen molar-refractivity contribution in [1.82, 2.24) is 4.98 Å². The van der Waals surface area contributed by atoms with Gasteiger partial charge in [0.1, 0.15) is 5.82 Å². The topological polar surface area (TPSA) is 34.1 Å². The SMILES string of the molecule is CCNc1ccc(Cl)c(COC2CCCCC2)n1. The monoisotopic (exact) mass is 268 g/mol. The van der Waals surface area contributed by atoms with Gasteiger partial charge in [0.2, 0.25) is 0 Å². The Morgan fingerprint density at radius 1 is 1.33 bits per heavy atom. The lowest BCUT2D eigenvalue weighted by Gasteiger charge is -2.22. The molecular weight excluding hydrogens is 248 g/mol. The maximum Gasteiger partial charge on any atom is 0.126 e. The van der Waals surface area contributed by atoms with Gasteiger partial charge in [0.25, 0.3) is 0 Å². The van der Waals surface area contributed by atoms with Gasteiger partial charge in [-0.05, 0) is 31.9 Å². The highest BCUT2D eigenvalue weighted by Crippen LogP contribution is 2.23. The number of halogens is 1. The van der Waals surface area contributed by atoms with Gasteiger partial charge in [0.15, 0.2) is 0 Å². The van der Waals surface area contributed by atoms with Crippen molar-refractivity contribution in [3.05, 3.63) is 22.8 Å². The summed E-state index contributed by atoms with van der Waals surface area (Å²) < 4.78 is 5.91. The second-order valence-electron chi connectivity index (χ2n) is 4.73. The van der Waals surface area contributed by atoms with E-state index in [9.17, 15) is 0 Å². The molecule has 0 spiro atoms. The Morgan fingerprint density at radius 2 is 2.11 bits per heavy atom. The fraction of sp³-hybridized carbons (Fsp3) is 0.643. The molecule has 1 N–H and O–H groups in total. The fourth-order valence-electron chi connectivity index (χ4n) is 2.29. The van der Waals surface area contributed by atoms with Gasteiger partial charge in [0, 0.05) is 6.54 Å². The summed E-state index contributed by atoms with van der Waals surface area (Å²) in [6.45, 7) is 3.43. The van der Waals surface area contributed by atoms with E-state index < -0.39 is 0 Å². The van der Waals surface area contributed by atoms with Crippen LogP contribution in [0.3, 0.4) is 0 Å². The van der Waals surface area contributed by atoms with Gasteiger partial charge >= 0.3 is 0 Å². The van der Waals surface area contributed by atoms with Crippen LogP contribution in [0.25, 0.3) is 0 Å². The number of hydrogen-bond donors (Lipinski definition) is 1. The quantitative estimate of drug-likeness (QED) is 0.876. The third-order valence-corrected chi connectivity index (χ3v) is 3.63. The molecule has 3 nitrogen and oxygen atoms in total. The molecule has 0 amide bonds. The third kappa shape index (κ3) is 3.85. The van der Waals surface area contributed by atoms with E-state index >= 15 is 0 Å². The number of ether oxygens (including phenoxy) is 1. The molecule has 1 aromatic heterocycles. The summed E-state index contributed by atoms with van der Waals surface area (Å²) in [5.74, 6) is 0.865. The molecule has 0 saturated heterocycles. The number of rotatable bonds is 5. The zero-order valence-corrected chi connectivity index (χ0v) is 11.7. The zero-order valence-electron chi connectivity index (χ0n) is 10.9. The molecule has 2 rings (SSSR count).